The second kappa shape index (κ2) is 10.1. The van der Waals surface area contributed by atoms with Gasteiger partial charge >= 0.3 is 0 Å². The summed E-state index contributed by atoms with van der Waals surface area (Å²) in [7, 11) is 0. The van der Waals surface area contributed by atoms with Crippen molar-refractivity contribution in [2.45, 2.75) is 58.0 Å². The van der Waals surface area contributed by atoms with Gasteiger partial charge in [0.2, 0.25) is 11.8 Å². The first-order valence-electron chi connectivity index (χ1n) is 12.1. The van der Waals surface area contributed by atoms with Crippen LogP contribution in [0.3, 0.4) is 0 Å². The van der Waals surface area contributed by atoms with E-state index < -0.39 is 5.54 Å². The molecule has 4 nitrogen and oxygen atoms in total. The number of carbonyl (C=O) groups excluding carboxylic acids is 2. The van der Waals surface area contributed by atoms with E-state index in [-0.39, 0.29) is 30.3 Å². The Morgan fingerprint density at radius 3 is 2.29 bits per heavy atom. The van der Waals surface area contributed by atoms with Crippen LogP contribution in [0, 0.1) is 0 Å². The van der Waals surface area contributed by atoms with Crippen LogP contribution in [0.1, 0.15) is 67.6 Å². The number of hydrogen-bond donors (Lipinski definition) is 0. The van der Waals surface area contributed by atoms with E-state index in [0.717, 1.165) is 17.5 Å². The van der Waals surface area contributed by atoms with Crippen LogP contribution in [-0.2, 0) is 16.0 Å². The molecule has 0 N–H and O–H groups in total. The third kappa shape index (κ3) is 4.95. The maximum Gasteiger partial charge on any atom is 0.243 e. The Kier molecular flexibility index (Phi) is 7.22. The topological polar surface area (TPSA) is 40.6 Å². The highest BCUT2D eigenvalue weighted by Gasteiger charge is 2.37. The van der Waals surface area contributed by atoms with Crippen molar-refractivity contribution in [1.82, 2.24) is 9.80 Å². The molecule has 2 aromatic carbocycles. The van der Waals surface area contributed by atoms with Crippen LogP contribution in [0.25, 0.3) is 0 Å². The highest BCUT2D eigenvalue weighted by molar-refractivity contribution is 7.10. The molecule has 1 aliphatic heterocycles. The molecule has 1 aromatic heterocycles. The Hall–Kier alpha value is -2.92. The number of carbonyl (C=O) groups is 2. The lowest BCUT2D eigenvalue weighted by atomic mass is 9.91. The summed E-state index contributed by atoms with van der Waals surface area (Å²) >= 11 is 1.76. The van der Waals surface area contributed by atoms with Gasteiger partial charge in [0.25, 0.3) is 0 Å². The number of thiophene rings is 1. The fraction of sp³-hybridized carbons (Fsp3) is 0.379. The van der Waals surface area contributed by atoms with Gasteiger partial charge in [0.15, 0.2) is 0 Å². The summed E-state index contributed by atoms with van der Waals surface area (Å²) < 4.78 is 0. The van der Waals surface area contributed by atoms with Gasteiger partial charge in [-0.15, -0.1) is 11.3 Å². The predicted octanol–water partition coefficient (Wildman–Crippen LogP) is 6.04. The van der Waals surface area contributed by atoms with Crippen LogP contribution in [0.4, 0.5) is 0 Å². The van der Waals surface area contributed by atoms with Crippen LogP contribution < -0.4 is 0 Å². The average molecular weight is 475 g/mol. The lowest BCUT2D eigenvalue weighted by Gasteiger charge is -2.41. The summed E-state index contributed by atoms with van der Waals surface area (Å²) in [5.74, 6) is -0.251. The van der Waals surface area contributed by atoms with E-state index in [0.29, 0.717) is 13.0 Å². The lowest BCUT2D eigenvalue weighted by Crippen LogP contribution is -2.53. The highest BCUT2D eigenvalue weighted by Crippen LogP contribution is 2.38. The monoisotopic (exact) mass is 474 g/mol. The second-order valence-corrected chi connectivity index (χ2v) is 10.9. The van der Waals surface area contributed by atoms with Crippen LogP contribution in [0.15, 0.2) is 72.1 Å². The van der Waals surface area contributed by atoms with Gasteiger partial charge < -0.3 is 9.80 Å². The molecule has 0 aliphatic carbocycles. The third-order valence-electron chi connectivity index (χ3n) is 6.68. The summed E-state index contributed by atoms with van der Waals surface area (Å²) in [5, 5.41) is 2.12. The molecule has 34 heavy (non-hydrogen) atoms. The number of nitrogens with zero attached hydrogens (tertiary/aromatic N) is 2. The van der Waals surface area contributed by atoms with E-state index in [2.05, 4.69) is 23.6 Å². The van der Waals surface area contributed by atoms with E-state index in [1.54, 1.807) is 16.2 Å². The third-order valence-corrected chi connectivity index (χ3v) is 7.68. The molecular formula is C29H34N2O2S. The van der Waals surface area contributed by atoms with Gasteiger partial charge in [0.05, 0.1) is 12.0 Å². The zero-order valence-corrected chi connectivity index (χ0v) is 21.3. The number of hydrogen-bond acceptors (Lipinski definition) is 3. The average Bonchev–Trinajstić information content (AvgIpc) is 3.31. The minimum atomic E-state index is -0.472. The quantitative estimate of drug-likeness (QED) is 0.437. The van der Waals surface area contributed by atoms with Gasteiger partial charge in [-0.25, -0.2) is 0 Å². The SMILES string of the molecule is CCC(C(=O)N(CC(=O)N1CCc2sccc2C1c1ccccc1)C(C)(C)C)c1ccccc1. The van der Waals surface area contributed by atoms with Crippen molar-refractivity contribution in [2.75, 3.05) is 13.1 Å². The lowest BCUT2D eigenvalue weighted by molar-refractivity contribution is -0.146. The Morgan fingerprint density at radius 1 is 1.03 bits per heavy atom. The van der Waals surface area contributed by atoms with Gasteiger partial charge in [-0.2, -0.15) is 0 Å². The summed E-state index contributed by atoms with van der Waals surface area (Å²) in [6.45, 7) is 8.81. The maximum absolute atomic E-state index is 13.9. The summed E-state index contributed by atoms with van der Waals surface area (Å²) in [5.41, 5.74) is 2.85. The van der Waals surface area contributed by atoms with Crippen LogP contribution >= 0.6 is 11.3 Å². The molecule has 4 rings (SSSR count). The van der Waals surface area contributed by atoms with Crippen molar-refractivity contribution in [3.05, 3.63) is 93.7 Å². The molecule has 1 aliphatic rings. The van der Waals surface area contributed by atoms with E-state index in [9.17, 15) is 9.59 Å². The Labute approximate surface area is 207 Å². The largest absolute Gasteiger partial charge is 0.330 e. The van der Waals surface area contributed by atoms with E-state index in [1.807, 2.05) is 81.1 Å². The molecule has 2 unspecified atom stereocenters. The van der Waals surface area contributed by atoms with E-state index in [1.165, 1.54) is 10.4 Å². The minimum absolute atomic E-state index is 0.00288. The van der Waals surface area contributed by atoms with Gasteiger partial charge in [-0.1, -0.05) is 67.6 Å². The van der Waals surface area contributed by atoms with E-state index >= 15 is 0 Å². The number of benzene rings is 2. The molecule has 2 amide bonds. The number of rotatable bonds is 6. The molecule has 5 heteroatoms. The Balaban J connectivity index is 1.63. The van der Waals surface area contributed by atoms with Crippen LogP contribution in [0.5, 0.6) is 0 Å². The molecule has 0 radical (unpaired) electrons. The first-order valence-corrected chi connectivity index (χ1v) is 13.0. The van der Waals surface area contributed by atoms with E-state index in [4.69, 9.17) is 0 Å². The molecule has 2 heterocycles. The summed E-state index contributed by atoms with van der Waals surface area (Å²) in [4.78, 5) is 32.8. The maximum atomic E-state index is 13.9. The van der Waals surface area contributed by atoms with Gasteiger partial charge in [-0.3, -0.25) is 9.59 Å². The Morgan fingerprint density at radius 2 is 1.68 bits per heavy atom. The molecule has 3 aromatic rings. The van der Waals surface area contributed by atoms with Crippen molar-refractivity contribution in [3.8, 4) is 0 Å². The van der Waals surface area contributed by atoms with Crippen molar-refractivity contribution < 1.29 is 9.59 Å². The fourth-order valence-corrected chi connectivity index (χ4v) is 5.78. The zero-order valence-electron chi connectivity index (χ0n) is 20.5. The van der Waals surface area contributed by atoms with Crippen molar-refractivity contribution in [3.63, 3.8) is 0 Å². The zero-order chi connectivity index (χ0) is 24.3. The number of fused-ring (bicyclic) bond motifs is 1. The van der Waals surface area contributed by atoms with Gasteiger partial charge in [0.1, 0.15) is 6.54 Å². The Bertz CT molecular complexity index is 1120. The molecule has 2 atom stereocenters. The molecule has 0 fully saturated rings. The first kappa shape index (κ1) is 24.2. The standard InChI is InChI=1S/C29H34N2O2S/c1-5-23(21-12-8-6-9-13-21)28(33)31(29(2,3)4)20-26(32)30-18-16-25-24(17-19-34-25)27(30)22-14-10-7-11-15-22/h6-15,17,19,23,27H,5,16,18,20H2,1-4H3. The number of amides is 2. The molecule has 0 bridgehead atoms. The highest BCUT2D eigenvalue weighted by atomic mass is 32.1. The predicted molar refractivity (Wildman–Crippen MR) is 139 cm³/mol. The van der Waals surface area contributed by atoms with Crippen molar-refractivity contribution in [2.24, 2.45) is 0 Å². The molecule has 178 valence electrons. The van der Waals surface area contributed by atoms with Gasteiger partial charge in [0, 0.05) is 17.0 Å². The molecule has 0 saturated heterocycles. The first-order chi connectivity index (χ1) is 16.3. The minimum Gasteiger partial charge on any atom is -0.330 e. The summed E-state index contributed by atoms with van der Waals surface area (Å²) in [6.07, 6.45) is 1.55. The molecular weight excluding hydrogens is 440 g/mol. The summed E-state index contributed by atoms with van der Waals surface area (Å²) in [6, 6.07) is 22.2. The fourth-order valence-electron chi connectivity index (χ4n) is 4.88. The van der Waals surface area contributed by atoms with Crippen LogP contribution in [0.2, 0.25) is 0 Å². The normalized spacial score (nSPS) is 16.6. The molecule has 0 spiro atoms. The smallest absolute Gasteiger partial charge is 0.243 e. The van der Waals surface area contributed by atoms with Crippen LogP contribution in [-0.4, -0.2) is 40.2 Å². The van der Waals surface area contributed by atoms with Crippen molar-refractivity contribution >= 4 is 23.2 Å². The second-order valence-electron chi connectivity index (χ2n) is 9.92. The van der Waals surface area contributed by atoms with Crippen molar-refractivity contribution in [1.29, 1.82) is 0 Å². The molecule has 0 saturated carbocycles. The van der Waals surface area contributed by atoms with Gasteiger partial charge in [-0.05, 0) is 61.7 Å².